The molecular formula is C49H82N6O16. The van der Waals surface area contributed by atoms with Gasteiger partial charge in [-0.3, -0.25) is 53.4 Å². The molecular weight excluding hydrogens is 929 g/mol. The second kappa shape index (κ2) is 32.2. The molecule has 4 atom stereocenters. The van der Waals surface area contributed by atoms with Gasteiger partial charge in [-0.2, -0.15) is 0 Å². The number of nitrogens with zero attached hydrogens (tertiary/aromatic N) is 1. The molecule has 404 valence electrons. The number of aliphatic carboxylic acids is 3. The number of Topliss-reactive ketones (excluding diaryl/α,β-unsaturated/α-hetero) is 1. The van der Waals surface area contributed by atoms with Crippen molar-refractivity contribution in [3.63, 3.8) is 0 Å². The number of carboxylic acid groups (broad SMARTS) is 3. The molecule has 5 amide bonds. The number of ether oxygens (including phenoxy) is 3. The number of likely N-dealkylation sites (tertiary alicyclic amines) is 1. The van der Waals surface area contributed by atoms with Gasteiger partial charge < -0.3 is 56.0 Å². The van der Waals surface area contributed by atoms with Crippen molar-refractivity contribution in [2.24, 2.45) is 28.6 Å². The minimum atomic E-state index is -1.30. The number of ketones is 1. The largest absolute Gasteiger partial charge is 0.481 e. The highest BCUT2D eigenvalue weighted by atomic mass is 16.5. The number of amides is 5. The van der Waals surface area contributed by atoms with Gasteiger partial charge in [-0.05, 0) is 93.3 Å². The first kappa shape index (κ1) is 62.2. The Balaban J connectivity index is 1.61. The maximum absolute atomic E-state index is 13.0. The Kier molecular flexibility index (Phi) is 28.2. The lowest BCUT2D eigenvalue weighted by Crippen LogP contribution is -2.49. The molecule has 1 aliphatic heterocycles. The third-order valence-corrected chi connectivity index (χ3v) is 12.9. The first-order valence-electron chi connectivity index (χ1n) is 25.0. The summed E-state index contributed by atoms with van der Waals surface area (Å²) in [5.74, 6) is -6.18. The van der Waals surface area contributed by atoms with Gasteiger partial charge in [0, 0.05) is 70.9 Å². The highest BCUT2D eigenvalue weighted by Crippen LogP contribution is 2.37. The third-order valence-electron chi connectivity index (χ3n) is 12.9. The fourth-order valence-electron chi connectivity index (χ4n) is 8.45. The van der Waals surface area contributed by atoms with E-state index in [1.165, 1.54) is 0 Å². The molecule has 4 unspecified atom stereocenters. The second-order valence-corrected chi connectivity index (χ2v) is 20.5. The van der Waals surface area contributed by atoms with E-state index in [1.54, 1.807) is 6.92 Å². The number of nitrogens with one attached hydrogen (secondary N) is 5. The number of hydrogen-bond acceptors (Lipinski definition) is 15. The van der Waals surface area contributed by atoms with E-state index in [4.69, 9.17) is 19.6 Å². The molecule has 0 spiro atoms. The molecule has 1 heterocycles. The molecule has 0 aromatic carbocycles. The Morgan fingerprint density at radius 3 is 1.80 bits per heavy atom. The number of carbonyl (C=O) groups is 9. The van der Waals surface area contributed by atoms with Crippen LogP contribution in [0.25, 0.3) is 0 Å². The molecule has 2 rings (SSSR count). The van der Waals surface area contributed by atoms with Crippen molar-refractivity contribution in [2.45, 2.75) is 162 Å². The van der Waals surface area contributed by atoms with E-state index >= 15 is 0 Å². The van der Waals surface area contributed by atoms with Gasteiger partial charge >= 0.3 is 17.9 Å². The van der Waals surface area contributed by atoms with Crippen molar-refractivity contribution in [3.8, 4) is 0 Å². The van der Waals surface area contributed by atoms with Gasteiger partial charge in [-0.15, -0.1) is 0 Å². The Bertz CT molecular complexity index is 1780. The van der Waals surface area contributed by atoms with Crippen LogP contribution in [0.1, 0.15) is 144 Å². The fraction of sp³-hybridized carbons (Fsp3) is 0.796. The van der Waals surface area contributed by atoms with Gasteiger partial charge in [0.25, 0.3) is 0 Å². The lowest BCUT2D eigenvalue weighted by atomic mass is 9.74. The fourth-order valence-corrected chi connectivity index (χ4v) is 8.45. The molecule has 2 aliphatic rings. The molecule has 0 radical (unpaired) electrons. The van der Waals surface area contributed by atoms with Crippen LogP contribution in [-0.4, -0.2) is 162 Å². The maximum atomic E-state index is 13.0. The summed E-state index contributed by atoms with van der Waals surface area (Å²) in [5, 5.41) is 58.4. The molecule has 0 bridgehead atoms. The van der Waals surface area contributed by atoms with Crippen molar-refractivity contribution in [3.05, 3.63) is 0 Å². The predicted molar refractivity (Wildman–Crippen MR) is 258 cm³/mol. The van der Waals surface area contributed by atoms with Crippen molar-refractivity contribution >= 4 is 58.9 Å². The molecule has 71 heavy (non-hydrogen) atoms. The lowest BCUT2D eigenvalue weighted by Gasteiger charge is -2.33. The minimum absolute atomic E-state index is 0.0308. The lowest BCUT2D eigenvalue weighted by molar-refractivity contribution is -0.142. The van der Waals surface area contributed by atoms with Crippen LogP contribution in [0.5, 0.6) is 0 Å². The SMILES string of the molecule is CC1CC(=O)N(CCC(=O)NCCCOCCOCCOCCCNC(=O)C(CCC(=O)O)NC(=O)CCC(NC(O)C2CCC(CC(=N)C(=O)CC(C)(C)CCC(C)(C)CC(=O)O)CC2)C(=O)O)C1=O. The van der Waals surface area contributed by atoms with Crippen LogP contribution in [0, 0.1) is 34.0 Å². The molecule has 22 heteroatoms. The van der Waals surface area contributed by atoms with Crippen LogP contribution < -0.4 is 21.3 Å². The number of aliphatic hydroxyl groups excluding tert-OH is 1. The van der Waals surface area contributed by atoms with Crippen molar-refractivity contribution in [2.75, 3.05) is 59.3 Å². The summed E-state index contributed by atoms with van der Waals surface area (Å²) in [6.45, 7) is 11.9. The molecule has 1 saturated heterocycles. The predicted octanol–water partition coefficient (Wildman–Crippen LogP) is 2.81. The van der Waals surface area contributed by atoms with Gasteiger partial charge in [0.05, 0.1) is 38.6 Å². The van der Waals surface area contributed by atoms with Crippen molar-refractivity contribution in [1.29, 1.82) is 5.41 Å². The third kappa shape index (κ3) is 26.4. The highest BCUT2D eigenvalue weighted by Gasteiger charge is 2.36. The van der Waals surface area contributed by atoms with Gasteiger partial charge in [-0.1, -0.05) is 34.6 Å². The Labute approximate surface area is 417 Å². The van der Waals surface area contributed by atoms with E-state index < -0.39 is 65.3 Å². The number of carboxylic acids is 3. The van der Waals surface area contributed by atoms with Crippen molar-refractivity contribution in [1.82, 2.24) is 26.2 Å². The normalized spacial score (nSPS) is 18.6. The van der Waals surface area contributed by atoms with E-state index in [0.29, 0.717) is 90.8 Å². The highest BCUT2D eigenvalue weighted by molar-refractivity contribution is 6.38. The van der Waals surface area contributed by atoms with Crippen LogP contribution in [0.2, 0.25) is 0 Å². The minimum Gasteiger partial charge on any atom is -0.481 e. The molecule has 0 aromatic heterocycles. The molecule has 0 aromatic rings. The number of hydrogen-bond donors (Lipinski definition) is 9. The van der Waals surface area contributed by atoms with E-state index in [0.717, 1.165) is 4.90 Å². The number of rotatable bonds is 39. The molecule has 22 nitrogen and oxygen atoms in total. The zero-order valence-corrected chi connectivity index (χ0v) is 42.5. The Hall–Kier alpha value is -4.90. The van der Waals surface area contributed by atoms with E-state index in [1.807, 2.05) is 27.7 Å². The summed E-state index contributed by atoms with van der Waals surface area (Å²) in [6, 6.07) is -2.49. The number of imide groups is 1. The van der Waals surface area contributed by atoms with Crippen LogP contribution in [0.4, 0.5) is 0 Å². The first-order valence-corrected chi connectivity index (χ1v) is 25.0. The van der Waals surface area contributed by atoms with E-state index in [9.17, 15) is 63.6 Å². The second-order valence-electron chi connectivity index (χ2n) is 20.5. The first-order chi connectivity index (χ1) is 33.4. The smallest absolute Gasteiger partial charge is 0.320 e. The summed E-state index contributed by atoms with van der Waals surface area (Å²) in [5.41, 5.74) is -0.776. The Morgan fingerprint density at radius 1 is 0.718 bits per heavy atom. The zero-order valence-electron chi connectivity index (χ0n) is 42.5. The van der Waals surface area contributed by atoms with Crippen LogP contribution in [0.3, 0.4) is 0 Å². The quantitative estimate of drug-likeness (QED) is 0.0185. The molecule has 1 saturated carbocycles. The molecule has 2 fully saturated rings. The standard InChI is InChI=1S/C49H82N6O16/c1-32-28-41(59)55(46(32)66)21-16-39(57)51-19-6-22-69-24-26-71-27-25-70-23-7-20-52-45(65)36(13-15-42(60)61)53-40(58)14-12-37(47(67)68)54-44(64)34-10-8-33(9-11-34)29-35(50)38(56)30-48(2,3)17-18-49(4,5)31-43(62)63/h32-34,36-37,44,50,54,64H,6-31H2,1-5H3,(H,51,57)(H,52,65)(H,53,58)(H,60,61)(H,62,63)(H,67,68). The van der Waals surface area contributed by atoms with E-state index in [2.05, 4.69) is 21.3 Å². The summed E-state index contributed by atoms with van der Waals surface area (Å²) in [4.78, 5) is 110. The molecule has 9 N–H and O–H groups in total. The summed E-state index contributed by atoms with van der Waals surface area (Å²) in [6.07, 6.45) is 2.95. The summed E-state index contributed by atoms with van der Waals surface area (Å²) >= 11 is 0. The number of aliphatic hydroxyl groups is 1. The van der Waals surface area contributed by atoms with Gasteiger partial charge in [0.15, 0.2) is 5.78 Å². The maximum Gasteiger partial charge on any atom is 0.320 e. The van der Waals surface area contributed by atoms with Gasteiger partial charge in [-0.25, -0.2) is 0 Å². The average molecular weight is 1010 g/mol. The van der Waals surface area contributed by atoms with Crippen LogP contribution in [0.15, 0.2) is 0 Å². The van der Waals surface area contributed by atoms with Gasteiger partial charge in [0.1, 0.15) is 18.3 Å². The summed E-state index contributed by atoms with van der Waals surface area (Å²) in [7, 11) is 0. The number of carbonyl (C=O) groups excluding carboxylic acids is 6. The van der Waals surface area contributed by atoms with Crippen molar-refractivity contribution < 1.29 is 77.8 Å². The summed E-state index contributed by atoms with van der Waals surface area (Å²) < 4.78 is 16.5. The topological polar surface area (TPSA) is 337 Å². The zero-order chi connectivity index (χ0) is 53.1. The monoisotopic (exact) mass is 1010 g/mol. The van der Waals surface area contributed by atoms with Crippen LogP contribution >= 0.6 is 0 Å². The van der Waals surface area contributed by atoms with Crippen LogP contribution in [-0.2, 0) is 57.4 Å². The Morgan fingerprint density at radius 2 is 1.27 bits per heavy atom. The van der Waals surface area contributed by atoms with E-state index in [-0.39, 0.29) is 118 Å². The average Bonchev–Trinajstić information content (AvgIpc) is 3.53. The van der Waals surface area contributed by atoms with Gasteiger partial charge in [0.2, 0.25) is 29.5 Å². The molecule has 1 aliphatic carbocycles.